The molecule has 4 nitrogen and oxygen atoms in total. The molecular weight excluding hydrogens is 266 g/mol. The molecule has 1 amide bonds. The number of nitrogens with one attached hydrogen (secondary N) is 1. The Morgan fingerprint density at radius 1 is 1.00 bits per heavy atom. The van der Waals surface area contributed by atoms with Gasteiger partial charge in [0, 0.05) is 17.8 Å². The van der Waals surface area contributed by atoms with Gasteiger partial charge in [0.25, 0.3) is 0 Å². The SMILES string of the molecule is COc1cccc(/C=C/C(=O)Nc2cccc(OC)c2)c1. The Balaban J connectivity index is 2.01. The van der Waals surface area contributed by atoms with Crippen LogP contribution >= 0.6 is 0 Å². The number of anilines is 1. The molecule has 2 rings (SSSR count). The summed E-state index contributed by atoms with van der Waals surface area (Å²) in [6, 6.07) is 14.7. The zero-order valence-electron chi connectivity index (χ0n) is 12.0. The van der Waals surface area contributed by atoms with E-state index in [1.54, 1.807) is 32.4 Å². The van der Waals surface area contributed by atoms with E-state index in [2.05, 4.69) is 5.32 Å². The van der Waals surface area contributed by atoms with E-state index in [1.807, 2.05) is 36.4 Å². The molecule has 0 aliphatic heterocycles. The maximum absolute atomic E-state index is 11.9. The van der Waals surface area contributed by atoms with Crippen LogP contribution in [0.2, 0.25) is 0 Å². The lowest BCUT2D eigenvalue weighted by atomic mass is 10.2. The Hall–Kier alpha value is -2.75. The maximum atomic E-state index is 11.9. The zero-order valence-corrected chi connectivity index (χ0v) is 12.0. The fourth-order valence-corrected chi connectivity index (χ4v) is 1.80. The number of ether oxygens (including phenoxy) is 2. The minimum atomic E-state index is -0.203. The van der Waals surface area contributed by atoms with E-state index >= 15 is 0 Å². The van der Waals surface area contributed by atoms with Gasteiger partial charge < -0.3 is 14.8 Å². The van der Waals surface area contributed by atoms with Crippen LogP contribution in [0, 0.1) is 0 Å². The number of rotatable bonds is 5. The summed E-state index contributed by atoms with van der Waals surface area (Å²) in [6.45, 7) is 0. The number of carbonyl (C=O) groups excluding carboxylic acids is 1. The van der Waals surface area contributed by atoms with Crippen LogP contribution in [-0.4, -0.2) is 20.1 Å². The quantitative estimate of drug-likeness (QED) is 0.856. The lowest BCUT2D eigenvalue weighted by Gasteiger charge is -2.04. The lowest BCUT2D eigenvalue weighted by molar-refractivity contribution is -0.111. The van der Waals surface area contributed by atoms with Crippen molar-refractivity contribution in [3.8, 4) is 11.5 Å². The molecule has 0 bridgehead atoms. The van der Waals surface area contributed by atoms with Gasteiger partial charge in [-0.1, -0.05) is 18.2 Å². The van der Waals surface area contributed by atoms with Crippen molar-refractivity contribution in [2.24, 2.45) is 0 Å². The van der Waals surface area contributed by atoms with Crippen molar-refractivity contribution in [3.63, 3.8) is 0 Å². The van der Waals surface area contributed by atoms with Crippen LogP contribution in [0.3, 0.4) is 0 Å². The molecule has 0 heterocycles. The summed E-state index contributed by atoms with van der Waals surface area (Å²) in [5.74, 6) is 1.25. The molecular formula is C17H17NO3. The number of benzene rings is 2. The first-order chi connectivity index (χ1) is 10.2. The molecule has 2 aromatic carbocycles. The number of methoxy groups -OCH3 is 2. The molecule has 0 fully saturated rings. The molecule has 0 spiro atoms. The molecule has 108 valence electrons. The predicted molar refractivity (Wildman–Crippen MR) is 83.7 cm³/mol. The predicted octanol–water partition coefficient (Wildman–Crippen LogP) is 3.36. The number of amides is 1. The minimum absolute atomic E-state index is 0.203. The van der Waals surface area contributed by atoms with Crippen molar-refractivity contribution in [1.82, 2.24) is 0 Å². The summed E-state index contributed by atoms with van der Waals surface area (Å²) >= 11 is 0. The van der Waals surface area contributed by atoms with Gasteiger partial charge in [0.2, 0.25) is 5.91 Å². The average Bonchev–Trinajstić information content (AvgIpc) is 2.53. The fourth-order valence-electron chi connectivity index (χ4n) is 1.80. The Labute approximate surface area is 124 Å². The van der Waals surface area contributed by atoms with Crippen molar-refractivity contribution < 1.29 is 14.3 Å². The summed E-state index contributed by atoms with van der Waals surface area (Å²) in [5, 5.41) is 2.78. The molecule has 2 aromatic rings. The highest BCUT2D eigenvalue weighted by Gasteiger charge is 1.99. The minimum Gasteiger partial charge on any atom is -0.497 e. The van der Waals surface area contributed by atoms with Crippen molar-refractivity contribution in [2.75, 3.05) is 19.5 Å². The monoisotopic (exact) mass is 283 g/mol. The van der Waals surface area contributed by atoms with Gasteiger partial charge in [-0.25, -0.2) is 0 Å². The smallest absolute Gasteiger partial charge is 0.248 e. The van der Waals surface area contributed by atoms with Crippen LogP contribution in [0.25, 0.3) is 6.08 Å². The summed E-state index contributed by atoms with van der Waals surface area (Å²) in [7, 11) is 3.20. The van der Waals surface area contributed by atoms with Crippen LogP contribution in [-0.2, 0) is 4.79 Å². The second kappa shape index (κ2) is 7.14. The van der Waals surface area contributed by atoms with E-state index in [1.165, 1.54) is 6.08 Å². The summed E-state index contributed by atoms with van der Waals surface area (Å²) in [4.78, 5) is 11.9. The van der Waals surface area contributed by atoms with Gasteiger partial charge in [-0.2, -0.15) is 0 Å². The molecule has 4 heteroatoms. The van der Waals surface area contributed by atoms with E-state index in [9.17, 15) is 4.79 Å². The lowest BCUT2D eigenvalue weighted by Crippen LogP contribution is -2.07. The summed E-state index contributed by atoms with van der Waals surface area (Å²) < 4.78 is 10.2. The molecule has 0 aliphatic carbocycles. The Morgan fingerprint density at radius 3 is 2.38 bits per heavy atom. The highest BCUT2D eigenvalue weighted by atomic mass is 16.5. The molecule has 0 saturated heterocycles. The normalized spacial score (nSPS) is 10.4. The highest BCUT2D eigenvalue weighted by Crippen LogP contribution is 2.17. The average molecular weight is 283 g/mol. The molecule has 0 aromatic heterocycles. The van der Waals surface area contributed by atoms with Gasteiger partial charge in [0.1, 0.15) is 11.5 Å². The van der Waals surface area contributed by atoms with E-state index in [0.29, 0.717) is 11.4 Å². The van der Waals surface area contributed by atoms with Crippen LogP contribution in [0.5, 0.6) is 11.5 Å². The highest BCUT2D eigenvalue weighted by molar-refractivity contribution is 6.02. The van der Waals surface area contributed by atoms with Crippen LogP contribution in [0.1, 0.15) is 5.56 Å². The van der Waals surface area contributed by atoms with Crippen molar-refractivity contribution in [2.45, 2.75) is 0 Å². The van der Waals surface area contributed by atoms with Crippen LogP contribution < -0.4 is 14.8 Å². The first-order valence-electron chi connectivity index (χ1n) is 6.48. The molecule has 0 aliphatic rings. The third kappa shape index (κ3) is 4.38. The van der Waals surface area contributed by atoms with Crippen molar-refractivity contribution in [1.29, 1.82) is 0 Å². The Morgan fingerprint density at radius 2 is 1.67 bits per heavy atom. The second-order valence-corrected chi connectivity index (χ2v) is 4.33. The molecule has 1 N–H and O–H groups in total. The topological polar surface area (TPSA) is 47.6 Å². The van der Waals surface area contributed by atoms with Gasteiger partial charge in [0.15, 0.2) is 0 Å². The van der Waals surface area contributed by atoms with Gasteiger partial charge >= 0.3 is 0 Å². The molecule has 21 heavy (non-hydrogen) atoms. The van der Waals surface area contributed by atoms with Gasteiger partial charge in [-0.15, -0.1) is 0 Å². The van der Waals surface area contributed by atoms with Gasteiger partial charge in [0.05, 0.1) is 14.2 Å². The summed E-state index contributed by atoms with van der Waals surface area (Å²) in [5.41, 5.74) is 1.59. The van der Waals surface area contributed by atoms with E-state index in [0.717, 1.165) is 11.3 Å². The van der Waals surface area contributed by atoms with E-state index in [-0.39, 0.29) is 5.91 Å². The molecule has 0 atom stereocenters. The molecule has 0 saturated carbocycles. The van der Waals surface area contributed by atoms with E-state index < -0.39 is 0 Å². The number of hydrogen-bond donors (Lipinski definition) is 1. The van der Waals surface area contributed by atoms with Crippen molar-refractivity contribution in [3.05, 3.63) is 60.2 Å². The van der Waals surface area contributed by atoms with Gasteiger partial charge in [-0.3, -0.25) is 4.79 Å². The maximum Gasteiger partial charge on any atom is 0.248 e. The third-order valence-electron chi connectivity index (χ3n) is 2.86. The Bertz CT molecular complexity index is 650. The van der Waals surface area contributed by atoms with E-state index in [4.69, 9.17) is 9.47 Å². The first-order valence-corrected chi connectivity index (χ1v) is 6.48. The zero-order chi connectivity index (χ0) is 15.1. The summed E-state index contributed by atoms with van der Waals surface area (Å²) in [6.07, 6.45) is 3.21. The fraction of sp³-hybridized carbons (Fsp3) is 0.118. The third-order valence-corrected chi connectivity index (χ3v) is 2.86. The first kappa shape index (κ1) is 14.7. The van der Waals surface area contributed by atoms with Crippen molar-refractivity contribution >= 4 is 17.7 Å². The molecule has 0 unspecified atom stereocenters. The standard InChI is InChI=1S/C17H17NO3/c1-20-15-7-3-5-13(11-15)9-10-17(19)18-14-6-4-8-16(12-14)21-2/h3-12H,1-2H3,(H,18,19)/b10-9+. The van der Waals surface area contributed by atoms with Crippen LogP contribution in [0.15, 0.2) is 54.6 Å². The van der Waals surface area contributed by atoms with Crippen LogP contribution in [0.4, 0.5) is 5.69 Å². The molecule has 0 radical (unpaired) electrons. The Kier molecular flexibility index (Phi) is 4.99. The largest absolute Gasteiger partial charge is 0.497 e. The van der Waals surface area contributed by atoms with Gasteiger partial charge in [-0.05, 0) is 35.9 Å². The number of carbonyl (C=O) groups is 1. The number of hydrogen-bond acceptors (Lipinski definition) is 3. The second-order valence-electron chi connectivity index (χ2n) is 4.33.